The number of rotatable bonds is 5. The molecule has 5 rings (SSSR count). The van der Waals surface area contributed by atoms with E-state index in [1.165, 1.54) is 68.4 Å². The standard InChI is InChI=1S/C32H32O2/c1-18-16-24-17-19(2)28-21(4)23(6)30-22(5)20(3)27(18)29(24)31(28)32(30,15-11-14-26(33)34-7)25-12-9-8-10-13-25/h8-10,12-13,16-17H,4,6,11,14-15H2,1-3,5,7H3. The van der Waals surface area contributed by atoms with E-state index in [-0.39, 0.29) is 5.97 Å². The Morgan fingerprint density at radius 1 is 0.971 bits per heavy atom. The van der Waals surface area contributed by atoms with Crippen LogP contribution in [-0.4, -0.2) is 13.1 Å². The minimum Gasteiger partial charge on any atom is -0.469 e. The van der Waals surface area contributed by atoms with Gasteiger partial charge < -0.3 is 4.74 Å². The molecule has 2 heteroatoms. The molecule has 2 nitrogen and oxygen atoms in total. The molecule has 1 unspecified atom stereocenters. The fourth-order valence-electron chi connectivity index (χ4n) is 6.64. The average Bonchev–Trinajstić information content (AvgIpc) is 3.12. The zero-order valence-electron chi connectivity index (χ0n) is 20.9. The van der Waals surface area contributed by atoms with Crippen molar-refractivity contribution < 1.29 is 9.53 Å². The van der Waals surface area contributed by atoms with Gasteiger partial charge in [-0.1, -0.05) is 55.6 Å². The highest BCUT2D eigenvalue weighted by Gasteiger charge is 2.50. The number of allylic oxidation sites excluding steroid dienone is 7. The molecule has 172 valence electrons. The summed E-state index contributed by atoms with van der Waals surface area (Å²) in [6, 6.07) is 13.1. The molecule has 2 aromatic carbocycles. The second-order valence-electron chi connectivity index (χ2n) is 9.89. The van der Waals surface area contributed by atoms with Gasteiger partial charge in [-0.3, -0.25) is 4.79 Å². The molecule has 34 heavy (non-hydrogen) atoms. The zero-order chi connectivity index (χ0) is 24.4. The normalized spacial score (nSPS) is 20.6. The van der Waals surface area contributed by atoms with Crippen LogP contribution in [0.3, 0.4) is 0 Å². The van der Waals surface area contributed by atoms with Crippen LogP contribution >= 0.6 is 0 Å². The van der Waals surface area contributed by atoms with Gasteiger partial charge in [0.05, 0.1) is 7.11 Å². The Labute approximate surface area is 203 Å². The first-order chi connectivity index (χ1) is 16.2. The molecule has 1 atom stereocenters. The fraction of sp³-hybridized carbons (Fsp3) is 0.281. The summed E-state index contributed by atoms with van der Waals surface area (Å²) in [5.74, 6) is -0.165. The van der Waals surface area contributed by atoms with Crippen molar-refractivity contribution in [3.8, 4) is 0 Å². The second-order valence-corrected chi connectivity index (χ2v) is 9.89. The lowest BCUT2D eigenvalue weighted by molar-refractivity contribution is -0.140. The first-order valence-electron chi connectivity index (χ1n) is 12.0. The molecule has 2 aromatic rings. The lowest BCUT2D eigenvalue weighted by Crippen LogP contribution is -2.37. The largest absolute Gasteiger partial charge is 0.469 e. The van der Waals surface area contributed by atoms with Gasteiger partial charge in [0.15, 0.2) is 0 Å². The number of benzene rings is 2. The maximum atomic E-state index is 12.1. The van der Waals surface area contributed by atoms with E-state index < -0.39 is 5.41 Å². The molecule has 0 amide bonds. The minimum absolute atomic E-state index is 0.165. The van der Waals surface area contributed by atoms with Crippen molar-refractivity contribution in [3.63, 3.8) is 0 Å². The number of carbonyl (C=O) groups excluding carboxylic acids is 1. The molecule has 0 saturated heterocycles. The third kappa shape index (κ3) is 2.84. The van der Waals surface area contributed by atoms with E-state index in [1.807, 2.05) is 0 Å². The molecule has 0 fully saturated rings. The molecule has 0 radical (unpaired) electrons. The number of hydrogen-bond acceptors (Lipinski definition) is 2. The van der Waals surface area contributed by atoms with Crippen LogP contribution in [0, 0.1) is 6.92 Å². The summed E-state index contributed by atoms with van der Waals surface area (Å²) < 4.78 is 4.99. The summed E-state index contributed by atoms with van der Waals surface area (Å²) in [5.41, 5.74) is 15.7. The Bertz CT molecular complexity index is 1380. The maximum absolute atomic E-state index is 12.1. The van der Waals surface area contributed by atoms with Crippen LogP contribution in [0.25, 0.3) is 17.2 Å². The summed E-state index contributed by atoms with van der Waals surface area (Å²) in [5, 5.41) is 0. The monoisotopic (exact) mass is 448 g/mol. The predicted molar refractivity (Wildman–Crippen MR) is 141 cm³/mol. The Kier molecular flexibility index (Phi) is 5.16. The van der Waals surface area contributed by atoms with Crippen molar-refractivity contribution >= 4 is 23.2 Å². The first kappa shape index (κ1) is 22.4. The average molecular weight is 449 g/mol. The van der Waals surface area contributed by atoms with Crippen LogP contribution < -0.4 is 0 Å². The molecule has 0 heterocycles. The van der Waals surface area contributed by atoms with E-state index in [4.69, 9.17) is 4.74 Å². The molecule has 0 N–H and O–H groups in total. The number of aryl methyl sites for hydroxylation is 1. The molecular weight excluding hydrogens is 416 g/mol. The minimum atomic E-state index is -0.412. The van der Waals surface area contributed by atoms with Gasteiger partial charge >= 0.3 is 5.97 Å². The van der Waals surface area contributed by atoms with E-state index in [1.54, 1.807) is 0 Å². The molecule has 3 aliphatic carbocycles. The third-order valence-corrected chi connectivity index (χ3v) is 8.13. The van der Waals surface area contributed by atoms with E-state index in [2.05, 4.69) is 83.3 Å². The Morgan fingerprint density at radius 3 is 2.35 bits per heavy atom. The summed E-state index contributed by atoms with van der Waals surface area (Å²) in [6.07, 6.45) is 4.25. The zero-order valence-corrected chi connectivity index (χ0v) is 20.9. The molecule has 0 aromatic heterocycles. The Hall–Kier alpha value is -3.39. The van der Waals surface area contributed by atoms with Gasteiger partial charge in [0.1, 0.15) is 0 Å². The van der Waals surface area contributed by atoms with Crippen molar-refractivity contribution in [2.45, 2.75) is 52.4 Å². The van der Waals surface area contributed by atoms with Gasteiger partial charge in [-0.05, 0) is 113 Å². The SMILES string of the molecule is C=C1C(=C)c2c(C)cc3c4c2C(CCCC(=O)OC)(c2ccccc2)C1=C(C)C(C)=C4C(C)=C3. The van der Waals surface area contributed by atoms with Gasteiger partial charge in [0, 0.05) is 11.8 Å². The number of fused-ring (bicyclic) bond motifs is 1. The molecule has 0 aliphatic heterocycles. The van der Waals surface area contributed by atoms with Gasteiger partial charge in [-0.15, -0.1) is 0 Å². The number of ether oxygens (including phenoxy) is 1. The van der Waals surface area contributed by atoms with Gasteiger partial charge in [-0.2, -0.15) is 0 Å². The van der Waals surface area contributed by atoms with Gasteiger partial charge in [0.2, 0.25) is 0 Å². The molecule has 2 bridgehead atoms. The van der Waals surface area contributed by atoms with Gasteiger partial charge in [-0.25, -0.2) is 0 Å². The van der Waals surface area contributed by atoms with Crippen LogP contribution in [-0.2, 0) is 14.9 Å². The Balaban J connectivity index is 1.95. The Morgan fingerprint density at radius 2 is 1.68 bits per heavy atom. The number of carbonyl (C=O) groups is 1. The highest BCUT2D eigenvalue weighted by molar-refractivity contribution is 6.05. The highest BCUT2D eigenvalue weighted by atomic mass is 16.5. The van der Waals surface area contributed by atoms with Crippen LogP contribution in [0.5, 0.6) is 0 Å². The van der Waals surface area contributed by atoms with Gasteiger partial charge in [0.25, 0.3) is 0 Å². The molecule has 0 saturated carbocycles. The lowest BCUT2D eigenvalue weighted by atomic mass is 9.56. The number of methoxy groups -OCH3 is 1. The van der Waals surface area contributed by atoms with E-state index >= 15 is 0 Å². The first-order valence-corrected chi connectivity index (χ1v) is 12.0. The fourth-order valence-corrected chi connectivity index (χ4v) is 6.64. The molecule has 3 aliphatic rings. The maximum Gasteiger partial charge on any atom is 0.305 e. The van der Waals surface area contributed by atoms with Crippen LogP contribution in [0.4, 0.5) is 0 Å². The van der Waals surface area contributed by atoms with Crippen molar-refractivity contribution in [1.29, 1.82) is 0 Å². The number of esters is 1. The molecular formula is C32H32O2. The van der Waals surface area contributed by atoms with E-state index in [0.717, 1.165) is 24.0 Å². The highest BCUT2D eigenvalue weighted by Crippen LogP contribution is 2.62. The van der Waals surface area contributed by atoms with E-state index in [0.29, 0.717) is 6.42 Å². The lowest BCUT2D eigenvalue weighted by Gasteiger charge is -2.46. The van der Waals surface area contributed by atoms with Crippen molar-refractivity contribution in [1.82, 2.24) is 0 Å². The summed E-state index contributed by atoms with van der Waals surface area (Å²) in [7, 11) is 1.46. The second kappa shape index (κ2) is 7.84. The number of hydrogen-bond donors (Lipinski definition) is 0. The predicted octanol–water partition coefficient (Wildman–Crippen LogP) is 7.73. The van der Waals surface area contributed by atoms with Crippen molar-refractivity contribution in [2.75, 3.05) is 7.11 Å². The molecule has 0 spiro atoms. The summed E-state index contributed by atoms with van der Waals surface area (Å²) in [4.78, 5) is 12.1. The summed E-state index contributed by atoms with van der Waals surface area (Å²) >= 11 is 0. The van der Waals surface area contributed by atoms with Crippen LogP contribution in [0.15, 0.2) is 77.4 Å². The van der Waals surface area contributed by atoms with Crippen LogP contribution in [0.2, 0.25) is 0 Å². The third-order valence-electron chi connectivity index (χ3n) is 8.13. The van der Waals surface area contributed by atoms with Crippen molar-refractivity contribution in [3.05, 3.63) is 111 Å². The van der Waals surface area contributed by atoms with Crippen molar-refractivity contribution in [2.24, 2.45) is 0 Å². The summed E-state index contributed by atoms with van der Waals surface area (Å²) in [6.45, 7) is 18.1. The topological polar surface area (TPSA) is 26.3 Å². The van der Waals surface area contributed by atoms with E-state index in [9.17, 15) is 4.79 Å². The smallest absolute Gasteiger partial charge is 0.305 e. The quantitative estimate of drug-likeness (QED) is 0.438. The van der Waals surface area contributed by atoms with Crippen LogP contribution in [0.1, 0.15) is 73.4 Å².